The van der Waals surface area contributed by atoms with Crippen molar-refractivity contribution in [3.05, 3.63) is 64.9 Å². The van der Waals surface area contributed by atoms with Crippen molar-refractivity contribution in [2.24, 2.45) is 0 Å². The van der Waals surface area contributed by atoms with Crippen LogP contribution in [-0.2, 0) is 10.5 Å². The maximum absolute atomic E-state index is 13.6. The zero-order valence-corrected chi connectivity index (χ0v) is 14.9. The average Bonchev–Trinajstić information content (AvgIpc) is 2.56. The zero-order valence-electron chi connectivity index (χ0n) is 13.3. The fraction of sp³-hybridized carbons (Fsp3) is 0.278. The van der Waals surface area contributed by atoms with Gasteiger partial charge in [-0.1, -0.05) is 35.9 Å². The summed E-state index contributed by atoms with van der Waals surface area (Å²) in [4.78, 5) is 11.9. The summed E-state index contributed by atoms with van der Waals surface area (Å²) in [5, 5.41) is 3.23. The van der Waals surface area contributed by atoms with E-state index in [1.54, 1.807) is 12.1 Å². The molecule has 6 heteroatoms. The molecule has 0 aliphatic rings. The van der Waals surface area contributed by atoms with Gasteiger partial charge in [0.15, 0.2) is 0 Å². The minimum absolute atomic E-state index is 0.0986. The molecule has 1 amide bonds. The topological polar surface area (TPSA) is 38.3 Å². The van der Waals surface area contributed by atoms with Crippen molar-refractivity contribution >= 4 is 29.3 Å². The van der Waals surface area contributed by atoms with E-state index in [0.29, 0.717) is 22.9 Å². The molecule has 0 unspecified atom stereocenters. The van der Waals surface area contributed by atoms with Crippen LogP contribution in [0.15, 0.2) is 48.5 Å². The Kier molecular flexibility index (Phi) is 7.40. The molecule has 0 saturated carbocycles. The highest BCUT2D eigenvalue weighted by Gasteiger charge is 2.09. The smallest absolute Gasteiger partial charge is 0.230 e. The lowest BCUT2D eigenvalue weighted by Gasteiger charge is -2.15. The molecule has 0 saturated heterocycles. The number of halogens is 2. The van der Waals surface area contributed by atoms with Crippen LogP contribution < -0.4 is 10.1 Å². The largest absolute Gasteiger partial charge is 0.491 e. The second-order valence-corrected chi connectivity index (χ2v) is 6.74. The number of hydrogen-bond acceptors (Lipinski definition) is 3. The summed E-state index contributed by atoms with van der Waals surface area (Å²) in [7, 11) is 0. The van der Waals surface area contributed by atoms with Crippen molar-refractivity contribution in [3.8, 4) is 5.75 Å². The van der Waals surface area contributed by atoms with E-state index in [1.807, 2.05) is 37.3 Å². The molecule has 0 heterocycles. The summed E-state index contributed by atoms with van der Waals surface area (Å²) in [6.45, 7) is 2.27. The number of hydrogen-bond donors (Lipinski definition) is 1. The van der Waals surface area contributed by atoms with Crippen LogP contribution in [-0.4, -0.2) is 24.3 Å². The number of nitrogens with one attached hydrogen (secondary N) is 1. The molecule has 0 aliphatic carbocycles. The lowest BCUT2D eigenvalue weighted by molar-refractivity contribution is -0.119. The van der Waals surface area contributed by atoms with E-state index < -0.39 is 0 Å². The Morgan fingerprint density at radius 2 is 2.04 bits per heavy atom. The molecule has 2 aromatic carbocycles. The number of para-hydroxylation sites is 1. The molecular formula is C18H19ClFNO2S. The second-order valence-electron chi connectivity index (χ2n) is 5.32. The number of carbonyl (C=O) groups is 1. The molecule has 128 valence electrons. The van der Waals surface area contributed by atoms with Crippen LogP contribution in [0.25, 0.3) is 0 Å². The van der Waals surface area contributed by atoms with Gasteiger partial charge in [-0.3, -0.25) is 4.79 Å². The molecule has 0 aliphatic heterocycles. The number of rotatable bonds is 8. The third-order valence-electron chi connectivity index (χ3n) is 3.16. The van der Waals surface area contributed by atoms with Crippen molar-refractivity contribution < 1.29 is 13.9 Å². The van der Waals surface area contributed by atoms with Crippen molar-refractivity contribution in [1.82, 2.24) is 5.32 Å². The van der Waals surface area contributed by atoms with E-state index in [2.05, 4.69) is 5.32 Å². The summed E-state index contributed by atoms with van der Waals surface area (Å²) in [5.41, 5.74) is 0.539. The summed E-state index contributed by atoms with van der Waals surface area (Å²) in [6.07, 6.45) is 0. The summed E-state index contributed by atoms with van der Waals surface area (Å²) in [5.74, 6) is 1.01. The molecule has 0 radical (unpaired) electrons. The minimum Gasteiger partial charge on any atom is -0.491 e. The van der Waals surface area contributed by atoms with E-state index in [1.165, 1.54) is 17.8 Å². The quantitative estimate of drug-likeness (QED) is 0.756. The number of carbonyl (C=O) groups excluding carboxylic acids is 1. The first-order chi connectivity index (χ1) is 11.5. The summed E-state index contributed by atoms with van der Waals surface area (Å²) < 4.78 is 19.2. The molecular weight excluding hydrogens is 349 g/mol. The highest BCUT2D eigenvalue weighted by Crippen LogP contribution is 2.19. The minimum atomic E-state index is -0.347. The van der Waals surface area contributed by atoms with Crippen LogP contribution in [0, 0.1) is 5.82 Å². The fourth-order valence-corrected chi connectivity index (χ4v) is 2.97. The standard InChI is InChI=1S/C18H19ClFNO2S/c1-13(10-23-16-5-3-2-4-6-16)21-18(22)12-24-11-14-7-8-15(19)9-17(14)20/h2-9,13H,10-12H2,1H3,(H,21,22)/t13-/m0/s1. The molecule has 0 aromatic heterocycles. The predicted octanol–water partition coefficient (Wildman–Crippen LogP) is 4.30. The molecule has 0 spiro atoms. The van der Waals surface area contributed by atoms with Gasteiger partial charge in [0.2, 0.25) is 5.91 Å². The van der Waals surface area contributed by atoms with E-state index >= 15 is 0 Å². The van der Waals surface area contributed by atoms with Crippen LogP contribution >= 0.6 is 23.4 Å². The lowest BCUT2D eigenvalue weighted by atomic mass is 10.2. The van der Waals surface area contributed by atoms with Crippen LogP contribution in [0.1, 0.15) is 12.5 Å². The van der Waals surface area contributed by atoms with Crippen LogP contribution in [0.3, 0.4) is 0 Å². The van der Waals surface area contributed by atoms with Gasteiger partial charge in [-0.15, -0.1) is 11.8 Å². The van der Waals surface area contributed by atoms with E-state index in [-0.39, 0.29) is 23.5 Å². The fourth-order valence-electron chi connectivity index (χ4n) is 1.99. The van der Waals surface area contributed by atoms with Gasteiger partial charge in [-0.25, -0.2) is 4.39 Å². The molecule has 2 rings (SSSR count). The molecule has 1 N–H and O–H groups in total. The monoisotopic (exact) mass is 367 g/mol. The van der Waals surface area contributed by atoms with Gasteiger partial charge in [0, 0.05) is 10.8 Å². The Hall–Kier alpha value is -1.72. The second kappa shape index (κ2) is 9.55. The Morgan fingerprint density at radius 3 is 2.75 bits per heavy atom. The SMILES string of the molecule is C[C@@H](COc1ccccc1)NC(=O)CSCc1ccc(Cl)cc1F. The van der Waals surface area contributed by atoms with Gasteiger partial charge in [0.25, 0.3) is 0 Å². The van der Waals surface area contributed by atoms with Gasteiger partial charge in [-0.2, -0.15) is 0 Å². The normalized spacial score (nSPS) is 11.8. The number of benzene rings is 2. The Balaban J connectivity index is 1.67. The highest BCUT2D eigenvalue weighted by molar-refractivity contribution is 7.99. The van der Waals surface area contributed by atoms with E-state index in [9.17, 15) is 9.18 Å². The summed E-state index contributed by atoms with van der Waals surface area (Å²) in [6, 6.07) is 13.9. The number of amides is 1. The molecule has 1 atom stereocenters. The van der Waals surface area contributed by atoms with Gasteiger partial charge < -0.3 is 10.1 Å². The zero-order chi connectivity index (χ0) is 17.4. The van der Waals surface area contributed by atoms with Crippen LogP contribution in [0.2, 0.25) is 5.02 Å². The first-order valence-corrected chi connectivity index (χ1v) is 9.07. The van der Waals surface area contributed by atoms with Crippen LogP contribution in [0.4, 0.5) is 4.39 Å². The molecule has 24 heavy (non-hydrogen) atoms. The predicted molar refractivity (Wildman–Crippen MR) is 97.1 cm³/mol. The lowest BCUT2D eigenvalue weighted by Crippen LogP contribution is -2.37. The molecule has 0 bridgehead atoms. The highest BCUT2D eigenvalue weighted by atomic mass is 35.5. The van der Waals surface area contributed by atoms with Gasteiger partial charge in [-0.05, 0) is 36.8 Å². The van der Waals surface area contributed by atoms with Crippen molar-refractivity contribution in [3.63, 3.8) is 0 Å². The Labute approximate surface area is 150 Å². The number of ether oxygens (including phenoxy) is 1. The number of thioether (sulfide) groups is 1. The third-order valence-corrected chi connectivity index (χ3v) is 4.37. The Bertz CT molecular complexity index is 669. The summed E-state index contributed by atoms with van der Waals surface area (Å²) >= 11 is 7.06. The first-order valence-electron chi connectivity index (χ1n) is 7.53. The molecule has 3 nitrogen and oxygen atoms in total. The van der Waals surface area contributed by atoms with Crippen molar-refractivity contribution in [1.29, 1.82) is 0 Å². The van der Waals surface area contributed by atoms with Crippen molar-refractivity contribution in [2.45, 2.75) is 18.7 Å². The van der Waals surface area contributed by atoms with Gasteiger partial charge >= 0.3 is 0 Å². The maximum Gasteiger partial charge on any atom is 0.230 e. The average molecular weight is 368 g/mol. The van der Waals surface area contributed by atoms with Crippen LogP contribution in [0.5, 0.6) is 5.75 Å². The maximum atomic E-state index is 13.6. The molecule has 0 fully saturated rings. The van der Waals surface area contributed by atoms with Gasteiger partial charge in [0.1, 0.15) is 18.2 Å². The van der Waals surface area contributed by atoms with Gasteiger partial charge in [0.05, 0.1) is 11.8 Å². The molecule has 2 aromatic rings. The first kappa shape index (κ1) is 18.6. The third kappa shape index (κ3) is 6.42. The van der Waals surface area contributed by atoms with E-state index in [4.69, 9.17) is 16.3 Å². The Morgan fingerprint density at radius 1 is 1.29 bits per heavy atom. The van der Waals surface area contributed by atoms with Crippen molar-refractivity contribution in [2.75, 3.05) is 12.4 Å². The van der Waals surface area contributed by atoms with E-state index in [0.717, 1.165) is 5.75 Å².